The first kappa shape index (κ1) is 8.38. The van der Waals surface area contributed by atoms with Crippen LogP contribution in [0.15, 0.2) is 30.3 Å². The summed E-state index contributed by atoms with van der Waals surface area (Å²) >= 11 is 1.34. The van der Waals surface area contributed by atoms with E-state index in [0.29, 0.717) is 5.56 Å². The molecule has 1 aromatic heterocycles. The first-order valence-corrected chi connectivity index (χ1v) is 4.50. The average Bonchev–Trinajstić information content (AvgIpc) is 2.53. The van der Waals surface area contributed by atoms with Crippen LogP contribution in [0.25, 0.3) is 10.4 Å². The molecule has 0 amide bonds. The maximum atomic E-state index is 12.8. The first-order valence-electron chi connectivity index (χ1n) is 3.68. The van der Waals surface area contributed by atoms with E-state index in [1.807, 2.05) is 0 Å². The summed E-state index contributed by atoms with van der Waals surface area (Å²) < 4.78 is 25.5. The Labute approximate surface area is 78.5 Å². The zero-order chi connectivity index (χ0) is 9.26. The number of hydrogen-bond acceptors (Lipinski definition) is 1. The minimum Gasteiger partial charge on any atom is -0.207 e. The summed E-state index contributed by atoms with van der Waals surface area (Å²) in [7, 11) is 0. The van der Waals surface area contributed by atoms with Crippen molar-refractivity contribution in [1.82, 2.24) is 0 Å². The molecule has 0 bridgehead atoms. The maximum absolute atomic E-state index is 12.8. The summed E-state index contributed by atoms with van der Waals surface area (Å²) in [5.74, 6) is -1.10. The molecule has 0 atom stereocenters. The van der Waals surface area contributed by atoms with Crippen LogP contribution < -0.4 is 0 Å². The molecule has 0 aliphatic carbocycles. The number of halogens is 2. The molecule has 0 fully saturated rings. The first-order chi connectivity index (χ1) is 6.25. The molecule has 0 N–H and O–H groups in total. The van der Waals surface area contributed by atoms with Crippen molar-refractivity contribution in [3.05, 3.63) is 47.3 Å². The molecule has 0 aliphatic heterocycles. The van der Waals surface area contributed by atoms with E-state index in [2.05, 4.69) is 5.38 Å². The van der Waals surface area contributed by atoms with Crippen molar-refractivity contribution in [3.63, 3.8) is 0 Å². The molecule has 0 saturated heterocycles. The molecular formula is C10H5F2S. The summed E-state index contributed by atoms with van der Waals surface area (Å²) in [6.45, 7) is 0. The van der Waals surface area contributed by atoms with Gasteiger partial charge in [-0.1, -0.05) is 0 Å². The van der Waals surface area contributed by atoms with Crippen LogP contribution in [0.5, 0.6) is 0 Å². The lowest BCUT2D eigenvalue weighted by Crippen LogP contribution is -1.81. The van der Waals surface area contributed by atoms with Crippen LogP contribution in [-0.2, 0) is 0 Å². The molecule has 0 spiro atoms. The van der Waals surface area contributed by atoms with E-state index in [0.717, 1.165) is 10.9 Å². The predicted molar refractivity (Wildman–Crippen MR) is 48.5 cm³/mol. The third kappa shape index (κ3) is 1.75. The lowest BCUT2D eigenvalue weighted by Gasteiger charge is -1.97. The standard InChI is InChI=1S/C10H5F2S/c11-8-4-7(5-9(12)6-8)10-2-1-3-13-10/h1-2,4-6H. The van der Waals surface area contributed by atoms with Gasteiger partial charge in [0.2, 0.25) is 0 Å². The van der Waals surface area contributed by atoms with Crippen LogP contribution in [-0.4, -0.2) is 0 Å². The van der Waals surface area contributed by atoms with Gasteiger partial charge in [-0.15, -0.1) is 11.3 Å². The van der Waals surface area contributed by atoms with Crippen LogP contribution in [0, 0.1) is 17.0 Å². The minimum atomic E-state index is -0.552. The van der Waals surface area contributed by atoms with Gasteiger partial charge in [-0.2, -0.15) is 0 Å². The van der Waals surface area contributed by atoms with Crippen LogP contribution in [0.2, 0.25) is 0 Å². The van der Waals surface area contributed by atoms with Gasteiger partial charge in [-0.25, -0.2) is 8.78 Å². The van der Waals surface area contributed by atoms with Gasteiger partial charge in [0, 0.05) is 16.3 Å². The molecule has 0 saturated carbocycles. The van der Waals surface area contributed by atoms with E-state index in [9.17, 15) is 8.78 Å². The van der Waals surface area contributed by atoms with E-state index in [1.54, 1.807) is 12.1 Å². The Hall–Kier alpha value is -1.22. The third-order valence-corrected chi connectivity index (χ3v) is 2.46. The van der Waals surface area contributed by atoms with Gasteiger partial charge in [0.25, 0.3) is 0 Å². The van der Waals surface area contributed by atoms with Crippen molar-refractivity contribution in [1.29, 1.82) is 0 Å². The van der Waals surface area contributed by atoms with E-state index < -0.39 is 11.6 Å². The zero-order valence-electron chi connectivity index (χ0n) is 6.55. The molecule has 0 unspecified atom stereocenters. The Morgan fingerprint density at radius 1 is 1.08 bits per heavy atom. The quantitative estimate of drug-likeness (QED) is 0.653. The second-order valence-electron chi connectivity index (χ2n) is 2.58. The van der Waals surface area contributed by atoms with Crippen molar-refractivity contribution < 1.29 is 8.78 Å². The summed E-state index contributed by atoms with van der Waals surface area (Å²) in [6.07, 6.45) is 0. The molecule has 2 aromatic rings. The largest absolute Gasteiger partial charge is 0.207 e. The SMILES string of the molecule is Fc1cc(F)cc(-c2cc[c]s2)c1. The lowest BCUT2D eigenvalue weighted by atomic mass is 10.2. The van der Waals surface area contributed by atoms with E-state index >= 15 is 0 Å². The summed E-state index contributed by atoms with van der Waals surface area (Å²) in [4.78, 5) is 0.818. The monoisotopic (exact) mass is 195 g/mol. The Kier molecular flexibility index (Phi) is 2.10. The molecule has 0 nitrogen and oxygen atoms in total. The average molecular weight is 195 g/mol. The fourth-order valence-corrected chi connectivity index (χ4v) is 1.73. The molecular weight excluding hydrogens is 190 g/mol. The molecule has 65 valence electrons. The number of thiophene rings is 1. The predicted octanol–water partition coefficient (Wildman–Crippen LogP) is 3.49. The molecule has 1 radical (unpaired) electrons. The van der Waals surface area contributed by atoms with E-state index in [4.69, 9.17) is 0 Å². The van der Waals surface area contributed by atoms with Crippen LogP contribution in [0.1, 0.15) is 0 Å². The van der Waals surface area contributed by atoms with Gasteiger partial charge in [-0.3, -0.25) is 0 Å². The van der Waals surface area contributed by atoms with Gasteiger partial charge in [-0.05, 0) is 29.8 Å². The highest BCUT2D eigenvalue weighted by molar-refractivity contribution is 7.13. The highest BCUT2D eigenvalue weighted by atomic mass is 32.1. The minimum absolute atomic E-state index is 0.552. The summed E-state index contributed by atoms with van der Waals surface area (Å²) in [5, 5.41) is 2.86. The lowest BCUT2D eigenvalue weighted by molar-refractivity contribution is 0.584. The molecule has 3 heteroatoms. The van der Waals surface area contributed by atoms with Crippen molar-refractivity contribution in [2.24, 2.45) is 0 Å². The van der Waals surface area contributed by atoms with Crippen molar-refractivity contribution >= 4 is 11.3 Å². The van der Waals surface area contributed by atoms with Crippen molar-refractivity contribution in [2.75, 3.05) is 0 Å². The molecule has 1 heterocycles. The van der Waals surface area contributed by atoms with Gasteiger partial charge in [0.1, 0.15) is 11.6 Å². The van der Waals surface area contributed by atoms with Gasteiger partial charge >= 0.3 is 0 Å². The van der Waals surface area contributed by atoms with E-state index in [-0.39, 0.29) is 0 Å². The van der Waals surface area contributed by atoms with Crippen molar-refractivity contribution in [2.45, 2.75) is 0 Å². The fraction of sp³-hybridized carbons (Fsp3) is 0. The maximum Gasteiger partial charge on any atom is 0.126 e. The third-order valence-electron chi connectivity index (χ3n) is 1.62. The van der Waals surface area contributed by atoms with E-state index in [1.165, 1.54) is 23.5 Å². The van der Waals surface area contributed by atoms with Crippen LogP contribution in [0.4, 0.5) is 8.78 Å². The summed E-state index contributed by atoms with van der Waals surface area (Å²) in [5.41, 5.74) is 0.559. The molecule has 1 aromatic carbocycles. The molecule has 13 heavy (non-hydrogen) atoms. The topological polar surface area (TPSA) is 0 Å². The van der Waals surface area contributed by atoms with Crippen molar-refractivity contribution in [3.8, 4) is 10.4 Å². The van der Waals surface area contributed by atoms with Gasteiger partial charge in [0.05, 0.1) is 0 Å². The molecule has 0 aliphatic rings. The number of rotatable bonds is 1. The Bertz CT molecular complexity index is 387. The van der Waals surface area contributed by atoms with Gasteiger partial charge in [0.15, 0.2) is 0 Å². The summed E-state index contributed by atoms with van der Waals surface area (Å²) in [6, 6.07) is 6.98. The number of benzene rings is 1. The Morgan fingerprint density at radius 2 is 1.77 bits per heavy atom. The van der Waals surface area contributed by atoms with Gasteiger partial charge < -0.3 is 0 Å². The Morgan fingerprint density at radius 3 is 2.31 bits per heavy atom. The van der Waals surface area contributed by atoms with Crippen LogP contribution in [0.3, 0.4) is 0 Å². The Balaban J connectivity index is 2.53. The van der Waals surface area contributed by atoms with Crippen LogP contribution >= 0.6 is 11.3 Å². The highest BCUT2D eigenvalue weighted by Crippen LogP contribution is 2.25. The fourth-order valence-electron chi connectivity index (χ4n) is 1.09. The second kappa shape index (κ2) is 3.26. The zero-order valence-corrected chi connectivity index (χ0v) is 7.37. The molecule has 2 rings (SSSR count). The highest BCUT2D eigenvalue weighted by Gasteiger charge is 2.03. The smallest absolute Gasteiger partial charge is 0.126 e. The second-order valence-corrected chi connectivity index (χ2v) is 3.46. The normalized spacial score (nSPS) is 10.3. The number of hydrogen-bond donors (Lipinski definition) is 0.